The minimum atomic E-state index is -4.59. The first-order valence-corrected chi connectivity index (χ1v) is 13.4. The molecule has 13 heteroatoms. The summed E-state index contributed by atoms with van der Waals surface area (Å²) in [6.45, 7) is 1.42. The fraction of sp³-hybridized carbons (Fsp3) is 0.107. The molecule has 0 aliphatic heterocycles. The van der Waals surface area contributed by atoms with Crippen molar-refractivity contribution in [3.05, 3.63) is 113 Å². The molecule has 1 heterocycles. The van der Waals surface area contributed by atoms with Gasteiger partial charge in [-0.1, -0.05) is 29.8 Å². The molecule has 0 radical (unpaired) electrons. The second-order valence-corrected chi connectivity index (χ2v) is 10.5. The third-order valence-electron chi connectivity index (χ3n) is 5.61. The standard InChI is InChI=1S/C28H23F3N4O5S/c1-18-8-11-24(12-9-18)41(38,39)34-26-13-10-23(16-35(26)17-25(32)36)40-22-7-3-6-21(15-22)33-27(37)19-4-2-5-20(14-19)28(29,30)31/h2-16H,17H2,1H3,(H2,32,36)(H,33,37)/b34-26-. The van der Waals surface area contributed by atoms with Gasteiger partial charge in [0.15, 0.2) is 0 Å². The molecule has 2 amide bonds. The summed E-state index contributed by atoms with van der Waals surface area (Å²) in [6, 6.07) is 18.9. The number of amides is 2. The van der Waals surface area contributed by atoms with Gasteiger partial charge in [-0.15, -0.1) is 4.40 Å². The third-order valence-corrected chi connectivity index (χ3v) is 6.91. The molecule has 41 heavy (non-hydrogen) atoms. The first-order chi connectivity index (χ1) is 19.3. The normalized spacial score (nSPS) is 12.1. The number of carbonyl (C=O) groups is 2. The molecule has 212 valence electrons. The van der Waals surface area contributed by atoms with E-state index >= 15 is 0 Å². The molecular formula is C28H23F3N4O5S. The third kappa shape index (κ3) is 7.60. The van der Waals surface area contributed by atoms with Crippen molar-refractivity contribution in [1.29, 1.82) is 0 Å². The van der Waals surface area contributed by atoms with Crippen LogP contribution in [0, 0.1) is 6.92 Å². The Morgan fingerprint density at radius 2 is 1.66 bits per heavy atom. The van der Waals surface area contributed by atoms with Crippen molar-refractivity contribution < 1.29 is 35.9 Å². The molecule has 0 fully saturated rings. The minimum absolute atomic E-state index is 0.0296. The SMILES string of the molecule is Cc1ccc(S(=O)(=O)/N=c2/ccc(Oc3cccc(NC(=O)c4cccc(C(F)(F)F)c4)c3)cn2CC(N)=O)cc1. The van der Waals surface area contributed by atoms with Crippen molar-refractivity contribution in [3.8, 4) is 11.5 Å². The molecule has 0 aliphatic rings. The number of carbonyl (C=O) groups excluding carboxylic acids is 2. The van der Waals surface area contributed by atoms with E-state index in [1.165, 1.54) is 53.2 Å². The molecule has 0 spiro atoms. The van der Waals surface area contributed by atoms with E-state index in [9.17, 15) is 31.2 Å². The molecule has 0 saturated heterocycles. The highest BCUT2D eigenvalue weighted by Crippen LogP contribution is 2.30. The molecule has 0 aliphatic carbocycles. The molecule has 1 aromatic heterocycles. The number of nitrogens with two attached hydrogens (primary N) is 1. The number of sulfonamides is 1. The summed E-state index contributed by atoms with van der Waals surface area (Å²) in [5, 5.41) is 2.52. The Morgan fingerprint density at radius 1 is 0.951 bits per heavy atom. The first-order valence-electron chi connectivity index (χ1n) is 11.9. The first kappa shape index (κ1) is 29.1. The Balaban J connectivity index is 1.58. The number of pyridine rings is 1. The number of halogens is 3. The molecule has 3 aromatic carbocycles. The monoisotopic (exact) mass is 584 g/mol. The van der Waals surface area contributed by atoms with Gasteiger partial charge in [0.2, 0.25) is 5.91 Å². The molecule has 0 unspecified atom stereocenters. The summed E-state index contributed by atoms with van der Waals surface area (Å²) in [4.78, 5) is 24.2. The van der Waals surface area contributed by atoms with E-state index in [1.807, 2.05) is 6.92 Å². The number of nitrogens with zero attached hydrogens (tertiary/aromatic N) is 2. The number of aryl methyl sites for hydroxylation is 1. The second-order valence-electron chi connectivity index (χ2n) is 8.86. The number of hydrogen-bond donors (Lipinski definition) is 2. The Bertz CT molecular complexity index is 1780. The summed E-state index contributed by atoms with van der Waals surface area (Å²) >= 11 is 0. The predicted octanol–water partition coefficient (Wildman–Crippen LogP) is 4.63. The fourth-order valence-electron chi connectivity index (χ4n) is 3.65. The average molecular weight is 585 g/mol. The van der Waals surface area contributed by atoms with Gasteiger partial charge in [-0.25, -0.2) is 0 Å². The van der Waals surface area contributed by atoms with Gasteiger partial charge in [-0.05, 0) is 61.5 Å². The Labute approximate surface area is 232 Å². The fourth-order valence-corrected chi connectivity index (χ4v) is 4.65. The molecule has 3 N–H and O–H groups in total. The van der Waals surface area contributed by atoms with Crippen molar-refractivity contribution in [1.82, 2.24) is 4.57 Å². The lowest BCUT2D eigenvalue weighted by molar-refractivity contribution is -0.137. The number of anilines is 1. The van der Waals surface area contributed by atoms with Gasteiger partial charge >= 0.3 is 6.18 Å². The average Bonchev–Trinajstić information content (AvgIpc) is 2.90. The Kier molecular flexibility index (Phi) is 8.28. The highest BCUT2D eigenvalue weighted by molar-refractivity contribution is 7.90. The summed E-state index contributed by atoms with van der Waals surface area (Å²) in [6.07, 6.45) is -3.26. The van der Waals surface area contributed by atoms with Gasteiger partial charge < -0.3 is 20.4 Å². The maximum atomic E-state index is 13.0. The largest absolute Gasteiger partial charge is 0.456 e. The summed E-state index contributed by atoms with van der Waals surface area (Å²) in [7, 11) is -4.10. The number of nitrogens with one attached hydrogen (secondary N) is 1. The highest BCUT2D eigenvalue weighted by Gasteiger charge is 2.30. The van der Waals surface area contributed by atoms with Gasteiger partial charge in [0.05, 0.1) is 10.5 Å². The molecular weight excluding hydrogens is 561 g/mol. The van der Waals surface area contributed by atoms with Crippen LogP contribution < -0.4 is 21.3 Å². The molecule has 4 rings (SSSR count). The van der Waals surface area contributed by atoms with Crippen molar-refractivity contribution in [3.63, 3.8) is 0 Å². The lowest BCUT2D eigenvalue weighted by atomic mass is 10.1. The van der Waals surface area contributed by atoms with Gasteiger partial charge in [0.25, 0.3) is 15.9 Å². The number of ether oxygens (including phenoxy) is 1. The van der Waals surface area contributed by atoms with Crippen molar-refractivity contribution in [2.45, 2.75) is 24.5 Å². The summed E-state index contributed by atoms with van der Waals surface area (Å²) in [5.41, 5.74) is 5.25. The van der Waals surface area contributed by atoms with E-state index < -0.39 is 40.1 Å². The lowest BCUT2D eigenvalue weighted by Gasteiger charge is -2.12. The second kappa shape index (κ2) is 11.7. The van der Waals surface area contributed by atoms with Crippen LogP contribution in [0.1, 0.15) is 21.5 Å². The van der Waals surface area contributed by atoms with Crippen LogP contribution in [0.4, 0.5) is 18.9 Å². The lowest BCUT2D eigenvalue weighted by Crippen LogP contribution is -2.28. The predicted molar refractivity (Wildman–Crippen MR) is 143 cm³/mol. The van der Waals surface area contributed by atoms with Crippen LogP contribution in [0.15, 0.2) is 100 Å². The van der Waals surface area contributed by atoms with Crippen LogP contribution in [-0.4, -0.2) is 24.8 Å². The quantitative estimate of drug-likeness (QED) is 0.312. The highest BCUT2D eigenvalue weighted by atomic mass is 32.2. The van der Waals surface area contributed by atoms with E-state index in [0.717, 1.165) is 23.8 Å². The van der Waals surface area contributed by atoms with Crippen molar-refractivity contribution in [2.24, 2.45) is 10.1 Å². The van der Waals surface area contributed by atoms with Crippen LogP contribution in [-0.2, 0) is 27.5 Å². The summed E-state index contributed by atoms with van der Waals surface area (Å²) in [5.74, 6) is -1.10. The van der Waals surface area contributed by atoms with Gasteiger partial charge in [0.1, 0.15) is 23.5 Å². The molecule has 0 atom stereocenters. The van der Waals surface area contributed by atoms with E-state index in [4.69, 9.17) is 10.5 Å². The zero-order valence-corrected chi connectivity index (χ0v) is 22.2. The molecule has 0 saturated carbocycles. The van der Waals surface area contributed by atoms with Crippen molar-refractivity contribution in [2.75, 3.05) is 5.32 Å². The molecule has 4 aromatic rings. The molecule has 0 bridgehead atoms. The van der Waals surface area contributed by atoms with Crippen LogP contribution in [0.5, 0.6) is 11.5 Å². The number of hydrogen-bond acceptors (Lipinski definition) is 5. The smallest absolute Gasteiger partial charge is 0.416 e. The zero-order chi connectivity index (χ0) is 29.8. The number of primary amides is 1. The molecule has 9 nitrogen and oxygen atoms in total. The topological polar surface area (TPSA) is 133 Å². The van der Waals surface area contributed by atoms with Crippen LogP contribution in [0.25, 0.3) is 0 Å². The Morgan fingerprint density at radius 3 is 2.34 bits per heavy atom. The van der Waals surface area contributed by atoms with E-state index in [1.54, 1.807) is 24.3 Å². The maximum absolute atomic E-state index is 13.0. The number of benzene rings is 3. The Hall–Kier alpha value is -4.91. The van der Waals surface area contributed by atoms with Gasteiger partial charge in [-0.3, -0.25) is 9.59 Å². The summed E-state index contributed by atoms with van der Waals surface area (Å²) < 4.78 is 75.5. The van der Waals surface area contributed by atoms with Gasteiger partial charge in [0, 0.05) is 23.5 Å². The maximum Gasteiger partial charge on any atom is 0.416 e. The van der Waals surface area contributed by atoms with Crippen molar-refractivity contribution >= 4 is 27.5 Å². The number of rotatable bonds is 8. The van der Waals surface area contributed by atoms with E-state index in [-0.39, 0.29) is 33.1 Å². The number of aromatic nitrogens is 1. The van der Waals surface area contributed by atoms with Crippen LogP contribution >= 0.6 is 0 Å². The van der Waals surface area contributed by atoms with Crippen LogP contribution in [0.2, 0.25) is 0 Å². The van der Waals surface area contributed by atoms with E-state index in [2.05, 4.69) is 9.71 Å². The zero-order valence-electron chi connectivity index (χ0n) is 21.4. The van der Waals surface area contributed by atoms with Gasteiger partial charge in [-0.2, -0.15) is 21.6 Å². The minimum Gasteiger partial charge on any atom is -0.456 e. The van der Waals surface area contributed by atoms with Crippen LogP contribution in [0.3, 0.4) is 0 Å². The number of alkyl halides is 3. The van der Waals surface area contributed by atoms with E-state index in [0.29, 0.717) is 0 Å².